The van der Waals surface area contributed by atoms with Gasteiger partial charge in [-0.3, -0.25) is 9.59 Å². The molecule has 2 fully saturated rings. The van der Waals surface area contributed by atoms with Crippen LogP contribution in [-0.2, 0) is 11.8 Å². The molecule has 2 aliphatic rings. The fraction of sp³-hybridized carbons (Fsp3) is 0.524. The highest BCUT2D eigenvalue weighted by Gasteiger charge is 2.30. The highest BCUT2D eigenvalue weighted by Crippen LogP contribution is 2.26. The average Bonchev–Trinajstić information content (AvgIpc) is 3.04. The van der Waals surface area contributed by atoms with Gasteiger partial charge in [-0.1, -0.05) is 37.5 Å². The molecule has 0 unspecified atom stereocenters. The fourth-order valence-electron chi connectivity index (χ4n) is 4.39. The summed E-state index contributed by atoms with van der Waals surface area (Å²) in [5.41, 5.74) is 1.79. The maximum Gasteiger partial charge on any atom is 0.270 e. The van der Waals surface area contributed by atoms with Crippen molar-refractivity contribution in [3.8, 4) is 0 Å². The molecule has 0 radical (unpaired) electrons. The first-order valence-electron chi connectivity index (χ1n) is 9.77. The van der Waals surface area contributed by atoms with E-state index in [1.165, 1.54) is 19.3 Å². The summed E-state index contributed by atoms with van der Waals surface area (Å²) in [6, 6.07) is 10.0. The van der Waals surface area contributed by atoms with Gasteiger partial charge in [0.05, 0.1) is 0 Å². The van der Waals surface area contributed by atoms with E-state index < -0.39 is 0 Å². The SMILES string of the molecule is Cn1c(C(=O)N2CCN(C(=O)C3CCCCC3)CC2)cc2ccccc21. The Kier molecular flexibility index (Phi) is 4.70. The number of fused-ring (bicyclic) bond motifs is 1. The van der Waals surface area contributed by atoms with E-state index in [0.717, 1.165) is 29.4 Å². The standard InChI is InChI=1S/C21H27N3O2/c1-22-18-10-6-5-9-17(18)15-19(22)21(26)24-13-11-23(12-14-24)20(25)16-7-3-2-4-8-16/h5-6,9-10,15-16H,2-4,7-8,11-14H2,1H3. The zero-order valence-electron chi connectivity index (χ0n) is 15.5. The number of aryl methyl sites for hydroxylation is 1. The summed E-state index contributed by atoms with van der Waals surface area (Å²) in [4.78, 5) is 29.5. The monoisotopic (exact) mass is 353 g/mol. The first-order valence-corrected chi connectivity index (χ1v) is 9.77. The molecule has 2 aromatic rings. The Morgan fingerprint density at radius 2 is 1.58 bits per heavy atom. The van der Waals surface area contributed by atoms with Crippen molar-refractivity contribution < 1.29 is 9.59 Å². The van der Waals surface area contributed by atoms with Crippen LogP contribution in [0, 0.1) is 5.92 Å². The predicted molar refractivity (Wildman–Crippen MR) is 102 cm³/mol. The van der Waals surface area contributed by atoms with Gasteiger partial charge in [0.1, 0.15) is 5.69 Å². The van der Waals surface area contributed by atoms with Crippen LogP contribution in [0.2, 0.25) is 0 Å². The molecule has 2 amide bonds. The number of rotatable bonds is 2. The quantitative estimate of drug-likeness (QED) is 0.833. The Bertz CT molecular complexity index is 812. The van der Waals surface area contributed by atoms with Crippen LogP contribution in [0.25, 0.3) is 10.9 Å². The third-order valence-corrected chi connectivity index (χ3v) is 6.00. The second kappa shape index (κ2) is 7.14. The summed E-state index contributed by atoms with van der Waals surface area (Å²) >= 11 is 0. The third-order valence-electron chi connectivity index (χ3n) is 6.00. The minimum Gasteiger partial charge on any atom is -0.340 e. The van der Waals surface area contributed by atoms with Crippen LogP contribution in [0.1, 0.15) is 42.6 Å². The van der Waals surface area contributed by atoms with Gasteiger partial charge in [-0.05, 0) is 25.0 Å². The van der Waals surface area contributed by atoms with E-state index in [1.54, 1.807) is 0 Å². The molecule has 0 atom stereocenters. The third kappa shape index (κ3) is 3.11. The van der Waals surface area contributed by atoms with Crippen LogP contribution in [0.4, 0.5) is 0 Å². The van der Waals surface area contributed by atoms with Crippen LogP contribution in [0.5, 0.6) is 0 Å². The lowest BCUT2D eigenvalue weighted by atomic mass is 9.88. The lowest BCUT2D eigenvalue weighted by molar-refractivity contribution is -0.138. The van der Waals surface area contributed by atoms with Crippen molar-refractivity contribution in [3.63, 3.8) is 0 Å². The van der Waals surface area contributed by atoms with Gasteiger partial charge in [0.2, 0.25) is 5.91 Å². The second-order valence-electron chi connectivity index (χ2n) is 7.60. The molecule has 1 saturated carbocycles. The summed E-state index contributed by atoms with van der Waals surface area (Å²) in [5, 5.41) is 1.09. The van der Waals surface area contributed by atoms with Crippen molar-refractivity contribution in [2.45, 2.75) is 32.1 Å². The lowest BCUT2D eigenvalue weighted by Gasteiger charge is -2.37. The molecule has 2 heterocycles. The Balaban J connectivity index is 1.41. The highest BCUT2D eigenvalue weighted by molar-refractivity contribution is 5.98. The molecule has 4 rings (SSSR count). The van der Waals surface area contributed by atoms with Crippen molar-refractivity contribution in [2.24, 2.45) is 13.0 Å². The number of nitrogens with zero attached hydrogens (tertiary/aromatic N) is 3. The Morgan fingerprint density at radius 1 is 0.923 bits per heavy atom. The lowest BCUT2D eigenvalue weighted by Crippen LogP contribution is -2.52. The number of piperazine rings is 1. The van der Waals surface area contributed by atoms with Crippen molar-refractivity contribution >= 4 is 22.7 Å². The molecular formula is C21H27N3O2. The minimum absolute atomic E-state index is 0.0634. The van der Waals surface area contributed by atoms with E-state index >= 15 is 0 Å². The van der Waals surface area contributed by atoms with E-state index in [9.17, 15) is 9.59 Å². The maximum absolute atomic E-state index is 13.0. The van der Waals surface area contributed by atoms with Gasteiger partial charge in [0.15, 0.2) is 0 Å². The predicted octanol–water partition coefficient (Wildman–Crippen LogP) is 3.04. The maximum atomic E-state index is 13.0. The van der Waals surface area contributed by atoms with Gasteiger partial charge in [0.25, 0.3) is 5.91 Å². The normalized spacial score (nSPS) is 19.1. The first kappa shape index (κ1) is 17.1. The van der Waals surface area contributed by atoms with Crippen LogP contribution in [0.3, 0.4) is 0 Å². The molecule has 1 aromatic carbocycles. The second-order valence-corrected chi connectivity index (χ2v) is 7.60. The van der Waals surface area contributed by atoms with E-state index in [0.29, 0.717) is 32.1 Å². The van der Waals surface area contributed by atoms with Crippen LogP contribution < -0.4 is 0 Å². The molecule has 0 spiro atoms. The van der Waals surface area contributed by atoms with Gasteiger partial charge in [-0.15, -0.1) is 0 Å². The van der Waals surface area contributed by atoms with Gasteiger partial charge >= 0.3 is 0 Å². The van der Waals surface area contributed by atoms with E-state index in [-0.39, 0.29) is 11.8 Å². The van der Waals surface area contributed by atoms with E-state index in [2.05, 4.69) is 0 Å². The zero-order chi connectivity index (χ0) is 18.1. The highest BCUT2D eigenvalue weighted by atomic mass is 16.2. The van der Waals surface area contributed by atoms with Gasteiger partial charge in [-0.2, -0.15) is 0 Å². The zero-order valence-corrected chi connectivity index (χ0v) is 15.5. The molecule has 0 N–H and O–H groups in total. The molecule has 1 aliphatic heterocycles. The average molecular weight is 353 g/mol. The van der Waals surface area contributed by atoms with Gasteiger partial charge in [0, 0.05) is 50.0 Å². The molecule has 26 heavy (non-hydrogen) atoms. The topological polar surface area (TPSA) is 45.6 Å². The minimum atomic E-state index is 0.0634. The number of para-hydroxylation sites is 1. The smallest absolute Gasteiger partial charge is 0.270 e. The van der Waals surface area contributed by atoms with E-state index in [1.807, 2.05) is 51.7 Å². The fourth-order valence-corrected chi connectivity index (χ4v) is 4.39. The van der Waals surface area contributed by atoms with E-state index in [4.69, 9.17) is 0 Å². The summed E-state index contributed by atoms with van der Waals surface area (Å²) in [6.07, 6.45) is 5.69. The summed E-state index contributed by atoms with van der Waals surface area (Å²) in [6.45, 7) is 2.56. The molecule has 138 valence electrons. The van der Waals surface area contributed by atoms with Crippen molar-refractivity contribution in [1.82, 2.24) is 14.4 Å². The number of aromatic nitrogens is 1. The molecule has 1 aromatic heterocycles. The number of hydrogen-bond acceptors (Lipinski definition) is 2. The molecule has 1 aliphatic carbocycles. The number of carbonyl (C=O) groups is 2. The number of benzene rings is 1. The summed E-state index contributed by atoms with van der Waals surface area (Å²) in [7, 11) is 1.94. The Morgan fingerprint density at radius 3 is 2.27 bits per heavy atom. The largest absolute Gasteiger partial charge is 0.340 e. The van der Waals surface area contributed by atoms with Crippen LogP contribution >= 0.6 is 0 Å². The molecule has 5 nitrogen and oxygen atoms in total. The molecule has 1 saturated heterocycles. The van der Waals surface area contributed by atoms with Crippen LogP contribution in [-0.4, -0.2) is 52.4 Å². The number of carbonyl (C=O) groups excluding carboxylic acids is 2. The van der Waals surface area contributed by atoms with Crippen LogP contribution in [0.15, 0.2) is 30.3 Å². The molecule has 0 bridgehead atoms. The first-order chi connectivity index (χ1) is 12.6. The summed E-state index contributed by atoms with van der Waals surface area (Å²) in [5.74, 6) is 0.582. The van der Waals surface area contributed by atoms with Gasteiger partial charge in [-0.25, -0.2) is 0 Å². The summed E-state index contributed by atoms with van der Waals surface area (Å²) < 4.78 is 1.97. The number of amides is 2. The number of hydrogen-bond donors (Lipinski definition) is 0. The Labute approximate surface area is 154 Å². The molecule has 5 heteroatoms. The van der Waals surface area contributed by atoms with Gasteiger partial charge < -0.3 is 14.4 Å². The van der Waals surface area contributed by atoms with Crippen molar-refractivity contribution in [2.75, 3.05) is 26.2 Å². The Hall–Kier alpha value is -2.30. The molecular weight excluding hydrogens is 326 g/mol. The van der Waals surface area contributed by atoms with Crippen molar-refractivity contribution in [1.29, 1.82) is 0 Å². The van der Waals surface area contributed by atoms with Crippen molar-refractivity contribution in [3.05, 3.63) is 36.0 Å².